The number of esters is 1. The Labute approximate surface area is 186 Å². The molecule has 1 amide bonds. The number of amides is 1. The van der Waals surface area contributed by atoms with Crippen molar-refractivity contribution in [3.05, 3.63) is 63.9 Å². The standard InChI is InChI=1S/C22H20BrNO5S/c1-3-28-22(26)20-18(14-7-9-15(23)10-8-14)13-30-21(20)24-19(25)12-29-17-6-4-5-16(11-17)27-2/h4-11,13H,3,12H2,1-2H3,(H,24,25). The zero-order valence-corrected chi connectivity index (χ0v) is 18.8. The van der Waals surface area contributed by atoms with Gasteiger partial charge in [0.25, 0.3) is 5.91 Å². The Kier molecular flexibility index (Phi) is 7.48. The van der Waals surface area contributed by atoms with Crippen LogP contribution in [0.4, 0.5) is 5.00 Å². The third kappa shape index (κ3) is 5.40. The van der Waals surface area contributed by atoms with Crippen LogP contribution in [-0.4, -0.2) is 32.2 Å². The number of rotatable bonds is 8. The van der Waals surface area contributed by atoms with Gasteiger partial charge in [0.05, 0.1) is 13.7 Å². The van der Waals surface area contributed by atoms with Gasteiger partial charge in [0.1, 0.15) is 22.1 Å². The van der Waals surface area contributed by atoms with Crippen LogP contribution < -0.4 is 14.8 Å². The molecule has 0 aliphatic carbocycles. The number of ether oxygens (including phenoxy) is 3. The molecule has 30 heavy (non-hydrogen) atoms. The van der Waals surface area contributed by atoms with E-state index >= 15 is 0 Å². The second kappa shape index (κ2) is 10.3. The van der Waals surface area contributed by atoms with Crippen LogP contribution in [0.25, 0.3) is 11.1 Å². The molecule has 0 atom stereocenters. The zero-order chi connectivity index (χ0) is 21.5. The van der Waals surface area contributed by atoms with E-state index in [4.69, 9.17) is 14.2 Å². The highest BCUT2D eigenvalue weighted by atomic mass is 79.9. The molecule has 0 unspecified atom stereocenters. The Morgan fingerprint density at radius 3 is 2.53 bits per heavy atom. The fourth-order valence-corrected chi connectivity index (χ4v) is 3.94. The Balaban J connectivity index is 1.78. The van der Waals surface area contributed by atoms with Gasteiger partial charge >= 0.3 is 5.97 Å². The average molecular weight is 490 g/mol. The van der Waals surface area contributed by atoms with E-state index in [-0.39, 0.29) is 19.1 Å². The fraction of sp³-hybridized carbons (Fsp3) is 0.182. The molecule has 0 aliphatic rings. The summed E-state index contributed by atoms with van der Waals surface area (Å²) in [4.78, 5) is 25.0. The van der Waals surface area contributed by atoms with Gasteiger partial charge in [0.15, 0.2) is 6.61 Å². The molecule has 0 spiro atoms. The van der Waals surface area contributed by atoms with Crippen molar-refractivity contribution in [2.24, 2.45) is 0 Å². The lowest BCUT2D eigenvalue weighted by molar-refractivity contribution is -0.118. The Morgan fingerprint density at radius 1 is 1.10 bits per heavy atom. The van der Waals surface area contributed by atoms with Crippen molar-refractivity contribution >= 4 is 44.1 Å². The van der Waals surface area contributed by atoms with Crippen molar-refractivity contribution in [2.45, 2.75) is 6.92 Å². The van der Waals surface area contributed by atoms with Gasteiger partial charge in [0.2, 0.25) is 0 Å². The second-order valence-corrected chi connectivity index (χ2v) is 7.89. The lowest BCUT2D eigenvalue weighted by atomic mass is 10.0. The average Bonchev–Trinajstić information content (AvgIpc) is 3.16. The largest absolute Gasteiger partial charge is 0.497 e. The predicted octanol–water partition coefficient (Wildman–Crippen LogP) is 5.38. The van der Waals surface area contributed by atoms with E-state index in [2.05, 4.69) is 21.2 Å². The summed E-state index contributed by atoms with van der Waals surface area (Å²) in [6.07, 6.45) is 0. The number of benzene rings is 2. The highest BCUT2D eigenvalue weighted by Gasteiger charge is 2.23. The minimum atomic E-state index is -0.485. The number of halogens is 1. The number of carbonyl (C=O) groups is 2. The second-order valence-electron chi connectivity index (χ2n) is 6.10. The van der Waals surface area contributed by atoms with E-state index in [0.29, 0.717) is 27.6 Å². The van der Waals surface area contributed by atoms with Crippen LogP contribution in [0.15, 0.2) is 58.4 Å². The van der Waals surface area contributed by atoms with Gasteiger partial charge in [-0.2, -0.15) is 0 Å². The molecular formula is C22H20BrNO5S. The highest BCUT2D eigenvalue weighted by Crippen LogP contribution is 2.36. The summed E-state index contributed by atoms with van der Waals surface area (Å²) in [6.45, 7) is 1.77. The summed E-state index contributed by atoms with van der Waals surface area (Å²) < 4.78 is 16.8. The van der Waals surface area contributed by atoms with Crippen molar-refractivity contribution in [3.8, 4) is 22.6 Å². The van der Waals surface area contributed by atoms with E-state index in [0.717, 1.165) is 10.0 Å². The third-order valence-corrected chi connectivity index (χ3v) is 5.51. The van der Waals surface area contributed by atoms with Gasteiger partial charge in [-0.1, -0.05) is 34.1 Å². The molecule has 3 rings (SSSR count). The lowest BCUT2D eigenvalue weighted by Gasteiger charge is -2.10. The van der Waals surface area contributed by atoms with E-state index in [9.17, 15) is 9.59 Å². The van der Waals surface area contributed by atoms with Crippen LogP contribution in [0, 0.1) is 0 Å². The molecule has 0 saturated carbocycles. The SMILES string of the molecule is CCOC(=O)c1c(-c2ccc(Br)cc2)csc1NC(=O)COc1cccc(OC)c1. The van der Waals surface area contributed by atoms with Crippen molar-refractivity contribution in [1.29, 1.82) is 0 Å². The van der Waals surface area contributed by atoms with Crippen LogP contribution in [0.3, 0.4) is 0 Å². The van der Waals surface area contributed by atoms with Gasteiger partial charge in [-0.25, -0.2) is 4.79 Å². The number of nitrogens with one attached hydrogen (secondary N) is 1. The van der Waals surface area contributed by atoms with Gasteiger partial charge < -0.3 is 19.5 Å². The number of methoxy groups -OCH3 is 1. The summed E-state index contributed by atoms with van der Waals surface area (Å²) in [7, 11) is 1.56. The van der Waals surface area contributed by atoms with E-state index in [1.165, 1.54) is 11.3 Å². The maximum atomic E-state index is 12.6. The van der Waals surface area contributed by atoms with Gasteiger partial charge in [-0.15, -0.1) is 11.3 Å². The molecule has 0 fully saturated rings. The molecule has 8 heteroatoms. The van der Waals surface area contributed by atoms with Gasteiger partial charge in [-0.3, -0.25) is 4.79 Å². The molecule has 0 radical (unpaired) electrons. The Hall–Kier alpha value is -2.84. The molecular weight excluding hydrogens is 470 g/mol. The number of hydrogen-bond acceptors (Lipinski definition) is 6. The van der Waals surface area contributed by atoms with Crippen LogP contribution in [0.1, 0.15) is 17.3 Å². The first-order valence-corrected chi connectivity index (χ1v) is 10.8. The molecule has 3 aromatic rings. The lowest BCUT2D eigenvalue weighted by Crippen LogP contribution is -2.21. The molecule has 2 aromatic carbocycles. The van der Waals surface area contributed by atoms with E-state index < -0.39 is 5.97 Å². The van der Waals surface area contributed by atoms with E-state index in [1.807, 2.05) is 29.6 Å². The summed E-state index contributed by atoms with van der Waals surface area (Å²) in [5.74, 6) is 0.278. The Morgan fingerprint density at radius 2 is 1.83 bits per heavy atom. The first-order chi connectivity index (χ1) is 14.5. The van der Waals surface area contributed by atoms with Crippen molar-refractivity contribution < 1.29 is 23.8 Å². The number of carbonyl (C=O) groups excluding carboxylic acids is 2. The molecule has 1 heterocycles. The van der Waals surface area contributed by atoms with Crippen LogP contribution in [-0.2, 0) is 9.53 Å². The summed E-state index contributed by atoms with van der Waals surface area (Å²) >= 11 is 4.67. The van der Waals surface area contributed by atoms with Crippen molar-refractivity contribution in [3.63, 3.8) is 0 Å². The van der Waals surface area contributed by atoms with Crippen LogP contribution >= 0.6 is 27.3 Å². The minimum Gasteiger partial charge on any atom is -0.497 e. The predicted molar refractivity (Wildman–Crippen MR) is 121 cm³/mol. The Bertz CT molecular complexity index is 1030. The molecule has 156 valence electrons. The number of thiophene rings is 1. The third-order valence-electron chi connectivity index (χ3n) is 4.09. The van der Waals surface area contributed by atoms with Crippen LogP contribution in [0.2, 0.25) is 0 Å². The zero-order valence-electron chi connectivity index (χ0n) is 16.4. The monoisotopic (exact) mass is 489 g/mol. The maximum Gasteiger partial charge on any atom is 0.341 e. The molecule has 0 aliphatic heterocycles. The van der Waals surface area contributed by atoms with Crippen molar-refractivity contribution in [1.82, 2.24) is 0 Å². The van der Waals surface area contributed by atoms with Crippen LogP contribution in [0.5, 0.6) is 11.5 Å². The number of hydrogen-bond donors (Lipinski definition) is 1. The first-order valence-electron chi connectivity index (χ1n) is 9.13. The summed E-state index contributed by atoms with van der Waals surface area (Å²) in [5, 5.41) is 5.01. The smallest absolute Gasteiger partial charge is 0.341 e. The van der Waals surface area contributed by atoms with Crippen molar-refractivity contribution in [2.75, 3.05) is 25.6 Å². The quantitative estimate of drug-likeness (QED) is 0.430. The molecule has 0 saturated heterocycles. The number of anilines is 1. The molecule has 1 N–H and O–H groups in total. The molecule has 6 nitrogen and oxygen atoms in total. The normalized spacial score (nSPS) is 10.4. The molecule has 1 aromatic heterocycles. The fourth-order valence-electron chi connectivity index (χ4n) is 2.70. The maximum absolute atomic E-state index is 12.6. The topological polar surface area (TPSA) is 73.9 Å². The summed E-state index contributed by atoms with van der Waals surface area (Å²) in [6, 6.07) is 14.6. The minimum absolute atomic E-state index is 0.207. The van der Waals surface area contributed by atoms with Gasteiger partial charge in [-0.05, 0) is 36.8 Å². The molecule has 0 bridgehead atoms. The highest BCUT2D eigenvalue weighted by molar-refractivity contribution is 9.10. The van der Waals surface area contributed by atoms with Gasteiger partial charge in [0, 0.05) is 21.5 Å². The first kappa shape index (κ1) is 21.9. The van der Waals surface area contributed by atoms with E-state index in [1.54, 1.807) is 38.3 Å². The summed E-state index contributed by atoms with van der Waals surface area (Å²) in [5.41, 5.74) is 1.89.